The van der Waals surface area contributed by atoms with Crippen molar-refractivity contribution in [1.82, 2.24) is 20.5 Å². The van der Waals surface area contributed by atoms with Crippen molar-refractivity contribution < 1.29 is 37.0 Å². The first kappa shape index (κ1) is 32.5. The van der Waals surface area contributed by atoms with Crippen LogP contribution in [0.1, 0.15) is 81.8 Å². The molecule has 0 spiro atoms. The van der Waals surface area contributed by atoms with Gasteiger partial charge in [0.2, 0.25) is 5.91 Å². The Morgan fingerprint density at radius 3 is 2.67 bits per heavy atom. The van der Waals surface area contributed by atoms with Crippen LogP contribution in [0.25, 0.3) is 0 Å². The third-order valence-electron chi connectivity index (χ3n) is 8.21. The lowest BCUT2D eigenvalue weighted by molar-refractivity contribution is -0.138. The van der Waals surface area contributed by atoms with Gasteiger partial charge in [-0.05, 0) is 77.3 Å². The van der Waals surface area contributed by atoms with Crippen LogP contribution in [0.5, 0.6) is 0 Å². The zero-order chi connectivity index (χ0) is 30.5. The van der Waals surface area contributed by atoms with Crippen molar-refractivity contribution in [2.24, 2.45) is 5.92 Å². The summed E-state index contributed by atoms with van der Waals surface area (Å²) in [6.45, 7) is 7.41. The van der Waals surface area contributed by atoms with Crippen molar-refractivity contribution in [3.8, 4) is 0 Å². The molecule has 3 aliphatic rings. The van der Waals surface area contributed by atoms with Crippen LogP contribution < -0.4 is 10.6 Å². The monoisotopic (exact) mass is 598 g/mol. The van der Waals surface area contributed by atoms with Crippen molar-refractivity contribution in [1.29, 1.82) is 0 Å². The normalized spacial score (nSPS) is 24.8. The van der Waals surface area contributed by atoms with Gasteiger partial charge in [0.25, 0.3) is 0 Å². The maximum absolute atomic E-state index is 14.0. The number of methoxy groups -OCH3 is 1. The number of fused-ring (bicyclic) bond motifs is 1. The van der Waals surface area contributed by atoms with Crippen LogP contribution in [0.3, 0.4) is 0 Å². The number of hydrogen-bond acceptors (Lipinski definition) is 7. The second-order valence-corrected chi connectivity index (χ2v) is 12.6. The smallest absolute Gasteiger partial charge is 0.418 e. The third-order valence-corrected chi connectivity index (χ3v) is 8.21. The fraction of sp³-hybridized carbons (Fsp3) is 0.767. The third kappa shape index (κ3) is 8.79. The second-order valence-electron chi connectivity index (χ2n) is 12.6. The van der Waals surface area contributed by atoms with Crippen LogP contribution in [0.15, 0.2) is 6.07 Å². The van der Waals surface area contributed by atoms with E-state index in [2.05, 4.69) is 15.6 Å². The molecule has 9 nitrogen and oxygen atoms in total. The Kier molecular flexibility index (Phi) is 10.7. The molecule has 236 valence electrons. The van der Waals surface area contributed by atoms with E-state index in [-0.39, 0.29) is 48.7 Å². The van der Waals surface area contributed by atoms with Gasteiger partial charge in [-0.1, -0.05) is 0 Å². The molecule has 3 heterocycles. The summed E-state index contributed by atoms with van der Waals surface area (Å²) in [5.41, 5.74) is -0.246. The molecule has 4 atom stereocenters. The summed E-state index contributed by atoms with van der Waals surface area (Å²) in [6, 6.07) is 1.58. The molecule has 2 aliphatic heterocycles. The van der Waals surface area contributed by atoms with Crippen molar-refractivity contribution >= 4 is 12.0 Å². The molecule has 1 aromatic rings. The molecular formula is C30H45F3N4O5. The molecule has 4 unspecified atom stereocenters. The minimum absolute atomic E-state index is 0.00958. The van der Waals surface area contributed by atoms with Gasteiger partial charge in [0.1, 0.15) is 5.60 Å². The maximum Gasteiger partial charge on any atom is 0.418 e. The molecule has 1 aliphatic carbocycles. The van der Waals surface area contributed by atoms with E-state index in [1.807, 2.05) is 0 Å². The first-order valence-corrected chi connectivity index (χ1v) is 15.0. The van der Waals surface area contributed by atoms with E-state index in [0.29, 0.717) is 63.2 Å². The highest BCUT2D eigenvalue weighted by atomic mass is 19.4. The van der Waals surface area contributed by atoms with Gasteiger partial charge >= 0.3 is 12.3 Å². The van der Waals surface area contributed by atoms with Gasteiger partial charge < -0.3 is 29.7 Å². The van der Waals surface area contributed by atoms with Gasteiger partial charge in [-0.25, -0.2) is 4.79 Å². The molecule has 2 fully saturated rings. The molecule has 42 heavy (non-hydrogen) atoms. The number of alkyl carbamates (subject to hydrolysis) is 1. The van der Waals surface area contributed by atoms with Crippen LogP contribution in [-0.2, 0) is 44.6 Å². The van der Waals surface area contributed by atoms with Gasteiger partial charge in [-0.2, -0.15) is 13.2 Å². The number of ether oxygens (including phenoxy) is 3. The van der Waals surface area contributed by atoms with E-state index in [4.69, 9.17) is 14.2 Å². The van der Waals surface area contributed by atoms with E-state index >= 15 is 0 Å². The summed E-state index contributed by atoms with van der Waals surface area (Å²) in [7, 11) is 1.68. The number of nitrogens with zero attached hydrogens (tertiary/aromatic N) is 2. The number of aryl methyl sites for hydroxylation is 1. The fourth-order valence-electron chi connectivity index (χ4n) is 6.11. The highest BCUT2D eigenvalue weighted by Gasteiger charge is 2.39. The standard InChI is InChI=1S/C30H45F3N4O5/c1-29(2,3)42-28(39)34-12-6-5-7-24-22(30(31,32)33)16-20-17-37(13-10-23(20)36-24)27(38)19-8-9-21(15-19)35-25-11-14-41-18-26(25)40-4/h16,19,21,25-26,35H,5-15,17-18H2,1-4H3,(H,34,39). The van der Waals surface area contributed by atoms with E-state index in [1.165, 1.54) is 6.07 Å². The van der Waals surface area contributed by atoms with Crippen LogP contribution in [0.4, 0.5) is 18.0 Å². The Labute approximate surface area is 246 Å². The second kappa shape index (κ2) is 13.9. The fourth-order valence-corrected chi connectivity index (χ4v) is 6.11. The molecule has 0 aromatic carbocycles. The highest BCUT2D eigenvalue weighted by molar-refractivity contribution is 5.79. The Balaban J connectivity index is 1.32. The summed E-state index contributed by atoms with van der Waals surface area (Å²) in [4.78, 5) is 31.3. The molecular weight excluding hydrogens is 553 g/mol. The molecule has 1 aromatic heterocycles. The molecule has 12 heteroatoms. The lowest BCUT2D eigenvalue weighted by Gasteiger charge is -2.33. The molecule has 1 saturated carbocycles. The SMILES string of the molecule is COC1COCCC1NC1CCC(C(=O)N2CCc3nc(CCCCNC(=O)OC(C)(C)C)c(C(F)(F)F)cc3C2)C1. The van der Waals surface area contributed by atoms with E-state index in [0.717, 1.165) is 19.3 Å². The van der Waals surface area contributed by atoms with Crippen molar-refractivity contribution in [3.63, 3.8) is 0 Å². The Bertz CT molecular complexity index is 1090. The zero-order valence-corrected chi connectivity index (χ0v) is 25.1. The lowest BCUT2D eigenvalue weighted by atomic mass is 9.97. The molecule has 0 bridgehead atoms. The van der Waals surface area contributed by atoms with Crippen LogP contribution >= 0.6 is 0 Å². The van der Waals surface area contributed by atoms with E-state index < -0.39 is 23.4 Å². The van der Waals surface area contributed by atoms with Crippen molar-refractivity contribution in [2.75, 3.05) is 33.4 Å². The number of halogens is 3. The Morgan fingerprint density at radius 2 is 1.95 bits per heavy atom. The predicted octanol–water partition coefficient (Wildman–Crippen LogP) is 4.39. The summed E-state index contributed by atoms with van der Waals surface area (Å²) in [5, 5.41) is 6.28. The Morgan fingerprint density at radius 1 is 1.17 bits per heavy atom. The molecule has 4 rings (SSSR count). The number of aromatic nitrogens is 1. The first-order chi connectivity index (χ1) is 19.8. The number of unbranched alkanes of at least 4 members (excludes halogenated alkanes) is 1. The average molecular weight is 599 g/mol. The lowest BCUT2D eigenvalue weighted by Crippen LogP contribution is -2.50. The summed E-state index contributed by atoms with van der Waals surface area (Å²) < 4.78 is 58.3. The summed E-state index contributed by atoms with van der Waals surface area (Å²) >= 11 is 0. The quantitative estimate of drug-likeness (QED) is 0.407. The zero-order valence-electron chi connectivity index (χ0n) is 25.1. The Hall–Kier alpha value is -2.44. The largest absolute Gasteiger partial charge is 0.444 e. The van der Waals surface area contributed by atoms with Gasteiger partial charge in [0, 0.05) is 63.5 Å². The predicted molar refractivity (Wildman–Crippen MR) is 150 cm³/mol. The van der Waals surface area contributed by atoms with Crippen LogP contribution in [-0.4, -0.2) is 79.1 Å². The van der Waals surface area contributed by atoms with Gasteiger partial charge in [0.15, 0.2) is 0 Å². The van der Waals surface area contributed by atoms with E-state index in [9.17, 15) is 22.8 Å². The number of hydrogen-bond donors (Lipinski definition) is 2. The van der Waals surface area contributed by atoms with Crippen molar-refractivity contribution in [2.45, 2.75) is 109 Å². The summed E-state index contributed by atoms with van der Waals surface area (Å²) in [6.07, 6.45) is -0.395. The van der Waals surface area contributed by atoms with Crippen molar-refractivity contribution in [3.05, 3.63) is 28.6 Å². The van der Waals surface area contributed by atoms with E-state index in [1.54, 1.807) is 32.8 Å². The molecule has 2 N–H and O–H groups in total. The first-order valence-electron chi connectivity index (χ1n) is 15.0. The molecule has 2 amide bonds. The van der Waals surface area contributed by atoms with Gasteiger partial charge in [-0.3, -0.25) is 9.78 Å². The number of nitrogens with one attached hydrogen (secondary N) is 2. The minimum Gasteiger partial charge on any atom is -0.444 e. The molecule has 1 saturated heterocycles. The highest BCUT2D eigenvalue weighted by Crippen LogP contribution is 2.36. The number of carbonyl (C=O) groups excluding carboxylic acids is 2. The maximum atomic E-state index is 14.0. The van der Waals surface area contributed by atoms with Gasteiger partial charge in [0.05, 0.1) is 24.0 Å². The number of carbonyl (C=O) groups is 2. The average Bonchev–Trinajstić information content (AvgIpc) is 3.39. The number of rotatable bonds is 9. The van der Waals surface area contributed by atoms with Crippen LogP contribution in [0.2, 0.25) is 0 Å². The van der Waals surface area contributed by atoms with Gasteiger partial charge in [-0.15, -0.1) is 0 Å². The number of amides is 2. The number of alkyl halides is 3. The topological polar surface area (TPSA) is 102 Å². The molecule has 0 radical (unpaired) electrons. The summed E-state index contributed by atoms with van der Waals surface area (Å²) in [5.74, 6) is -0.135. The van der Waals surface area contributed by atoms with Crippen LogP contribution in [0, 0.1) is 5.92 Å². The minimum atomic E-state index is -4.55. The number of pyridine rings is 1.